The normalized spacial score (nSPS) is 11.2. The van der Waals surface area contributed by atoms with Crippen LogP contribution in [0.2, 0.25) is 0 Å². The molecule has 0 atom stereocenters. The van der Waals surface area contributed by atoms with Gasteiger partial charge in [0.25, 0.3) is 11.8 Å². The van der Waals surface area contributed by atoms with Gasteiger partial charge in [0.2, 0.25) is 0 Å². The number of nitrogens with zero attached hydrogens (tertiary/aromatic N) is 3. The summed E-state index contributed by atoms with van der Waals surface area (Å²) in [4.78, 5) is 22.7. The van der Waals surface area contributed by atoms with E-state index < -0.39 is 0 Å². The molecule has 164 valence electrons. The summed E-state index contributed by atoms with van der Waals surface area (Å²) < 4.78 is 18.6. The highest BCUT2D eigenvalue weighted by Gasteiger charge is 2.21. The van der Waals surface area contributed by atoms with Crippen molar-refractivity contribution in [3.8, 4) is 11.5 Å². The number of nitrogens with one attached hydrogen (secondary N) is 1. The zero-order chi connectivity index (χ0) is 22.8. The first-order chi connectivity index (χ1) is 15.3. The number of aromatic nitrogens is 3. The van der Waals surface area contributed by atoms with E-state index in [1.807, 2.05) is 45.9 Å². The van der Waals surface area contributed by atoms with Crippen molar-refractivity contribution in [2.24, 2.45) is 0 Å². The summed E-state index contributed by atoms with van der Waals surface area (Å²) in [6.07, 6.45) is 0.536. The quantitative estimate of drug-likeness (QED) is 0.395. The SMILES string of the molecule is Cc1cccc(-c2nc(C(C)C)no2)c1NC(=O)c1sc(Cc2ccc(F)cc2)nc1C. The van der Waals surface area contributed by atoms with E-state index in [1.165, 1.54) is 23.5 Å². The first-order valence-electron chi connectivity index (χ1n) is 10.3. The summed E-state index contributed by atoms with van der Waals surface area (Å²) in [6.45, 7) is 7.71. The van der Waals surface area contributed by atoms with E-state index in [4.69, 9.17) is 4.52 Å². The Labute approximate surface area is 189 Å². The van der Waals surface area contributed by atoms with Crippen molar-refractivity contribution < 1.29 is 13.7 Å². The molecular formula is C24H23FN4O2S. The standard InChI is InChI=1S/C24H23FN4O2S/c1-13(2)22-28-24(31-29-22)18-7-5-6-14(3)20(18)27-23(30)21-15(4)26-19(32-21)12-16-8-10-17(25)11-9-16/h5-11,13H,12H2,1-4H3,(H,27,30). The molecule has 4 aromatic rings. The Morgan fingerprint density at radius 1 is 1.12 bits per heavy atom. The number of halogens is 1. The summed E-state index contributed by atoms with van der Waals surface area (Å²) in [5.41, 5.74) is 3.77. The molecule has 4 rings (SSSR count). The zero-order valence-electron chi connectivity index (χ0n) is 18.3. The van der Waals surface area contributed by atoms with Crippen LogP contribution in [-0.2, 0) is 6.42 Å². The van der Waals surface area contributed by atoms with Crippen LogP contribution in [0.25, 0.3) is 11.5 Å². The predicted octanol–water partition coefficient (Wildman–Crippen LogP) is 5.92. The third-order valence-electron chi connectivity index (χ3n) is 5.02. The average Bonchev–Trinajstić information content (AvgIpc) is 3.38. The first-order valence-corrected chi connectivity index (χ1v) is 11.1. The second kappa shape index (κ2) is 9.00. The summed E-state index contributed by atoms with van der Waals surface area (Å²) in [7, 11) is 0. The molecular weight excluding hydrogens is 427 g/mol. The molecule has 0 aliphatic carbocycles. The molecule has 0 saturated carbocycles. The van der Waals surface area contributed by atoms with Crippen molar-refractivity contribution in [1.82, 2.24) is 15.1 Å². The number of aryl methyl sites for hydroxylation is 2. The average molecular weight is 451 g/mol. The fourth-order valence-corrected chi connectivity index (χ4v) is 4.27. The lowest BCUT2D eigenvalue weighted by atomic mass is 10.1. The van der Waals surface area contributed by atoms with Gasteiger partial charge in [-0.1, -0.05) is 43.3 Å². The number of para-hydroxylation sites is 1. The largest absolute Gasteiger partial charge is 0.334 e. The molecule has 2 heterocycles. The van der Waals surface area contributed by atoms with Gasteiger partial charge in [0, 0.05) is 12.3 Å². The maximum Gasteiger partial charge on any atom is 0.267 e. The Bertz CT molecular complexity index is 1260. The number of rotatable bonds is 6. The van der Waals surface area contributed by atoms with E-state index in [0.29, 0.717) is 40.0 Å². The summed E-state index contributed by atoms with van der Waals surface area (Å²) in [5.74, 6) is 0.590. The van der Waals surface area contributed by atoms with Crippen molar-refractivity contribution >= 4 is 22.9 Å². The molecule has 2 aromatic heterocycles. The molecule has 0 unspecified atom stereocenters. The highest BCUT2D eigenvalue weighted by atomic mass is 32.1. The van der Waals surface area contributed by atoms with Gasteiger partial charge in [-0.05, 0) is 43.2 Å². The van der Waals surface area contributed by atoms with E-state index >= 15 is 0 Å². The van der Waals surface area contributed by atoms with Crippen LogP contribution >= 0.6 is 11.3 Å². The van der Waals surface area contributed by atoms with Crippen LogP contribution in [0.3, 0.4) is 0 Å². The molecule has 0 aliphatic rings. The summed E-state index contributed by atoms with van der Waals surface area (Å²) >= 11 is 1.33. The Kier molecular flexibility index (Phi) is 6.14. The summed E-state index contributed by atoms with van der Waals surface area (Å²) in [6, 6.07) is 11.9. The molecule has 0 saturated heterocycles. The third kappa shape index (κ3) is 4.60. The fourth-order valence-electron chi connectivity index (χ4n) is 3.28. The van der Waals surface area contributed by atoms with Gasteiger partial charge in [-0.2, -0.15) is 4.98 Å². The maximum absolute atomic E-state index is 13.2. The van der Waals surface area contributed by atoms with Gasteiger partial charge in [0.05, 0.1) is 22.0 Å². The van der Waals surface area contributed by atoms with Crippen LogP contribution in [0.15, 0.2) is 47.0 Å². The van der Waals surface area contributed by atoms with Crippen LogP contribution in [0.4, 0.5) is 10.1 Å². The Balaban J connectivity index is 1.59. The highest BCUT2D eigenvalue weighted by Crippen LogP contribution is 2.32. The van der Waals surface area contributed by atoms with Crippen LogP contribution in [0.1, 0.15) is 57.1 Å². The molecule has 1 N–H and O–H groups in total. The maximum atomic E-state index is 13.2. The second-order valence-electron chi connectivity index (χ2n) is 7.89. The minimum atomic E-state index is -0.278. The number of hydrogen-bond donors (Lipinski definition) is 1. The van der Waals surface area contributed by atoms with Crippen molar-refractivity contribution in [2.45, 2.75) is 40.0 Å². The smallest absolute Gasteiger partial charge is 0.267 e. The van der Waals surface area contributed by atoms with Crippen molar-refractivity contribution in [3.63, 3.8) is 0 Å². The molecule has 0 radical (unpaired) electrons. The topological polar surface area (TPSA) is 80.9 Å². The van der Waals surface area contributed by atoms with E-state index in [-0.39, 0.29) is 17.6 Å². The molecule has 0 spiro atoms. The van der Waals surface area contributed by atoms with Crippen molar-refractivity contribution in [1.29, 1.82) is 0 Å². The number of benzene rings is 2. The third-order valence-corrected chi connectivity index (χ3v) is 6.17. The molecule has 6 nitrogen and oxygen atoms in total. The van der Waals surface area contributed by atoms with Gasteiger partial charge >= 0.3 is 0 Å². The number of anilines is 1. The molecule has 8 heteroatoms. The molecule has 0 bridgehead atoms. The van der Waals surface area contributed by atoms with Gasteiger partial charge in [0.1, 0.15) is 10.7 Å². The van der Waals surface area contributed by atoms with Crippen LogP contribution < -0.4 is 5.32 Å². The van der Waals surface area contributed by atoms with Crippen molar-refractivity contribution in [3.05, 3.63) is 80.8 Å². The highest BCUT2D eigenvalue weighted by molar-refractivity contribution is 7.14. The number of hydrogen-bond acceptors (Lipinski definition) is 6. The molecule has 2 aromatic carbocycles. The number of thiazole rings is 1. The zero-order valence-corrected chi connectivity index (χ0v) is 19.1. The lowest BCUT2D eigenvalue weighted by Crippen LogP contribution is -2.13. The van der Waals surface area contributed by atoms with Crippen molar-refractivity contribution in [2.75, 3.05) is 5.32 Å². The second-order valence-corrected chi connectivity index (χ2v) is 8.97. The monoisotopic (exact) mass is 450 g/mol. The van der Waals surface area contributed by atoms with Crippen LogP contribution in [0.5, 0.6) is 0 Å². The van der Waals surface area contributed by atoms with Gasteiger partial charge in [-0.3, -0.25) is 4.79 Å². The number of carbonyl (C=O) groups is 1. The Morgan fingerprint density at radius 2 is 1.88 bits per heavy atom. The molecule has 0 fully saturated rings. The van der Waals surface area contributed by atoms with Gasteiger partial charge in [-0.25, -0.2) is 9.37 Å². The van der Waals surface area contributed by atoms with Gasteiger partial charge in [0.15, 0.2) is 5.82 Å². The molecule has 1 amide bonds. The summed E-state index contributed by atoms with van der Waals surface area (Å²) in [5, 5.41) is 7.84. The van der Waals surface area contributed by atoms with Gasteiger partial charge < -0.3 is 9.84 Å². The van der Waals surface area contributed by atoms with E-state index in [0.717, 1.165) is 16.1 Å². The van der Waals surface area contributed by atoms with E-state index in [1.54, 1.807) is 12.1 Å². The molecule has 32 heavy (non-hydrogen) atoms. The van der Waals surface area contributed by atoms with Crippen LogP contribution in [-0.4, -0.2) is 21.0 Å². The lowest BCUT2D eigenvalue weighted by molar-refractivity contribution is 0.102. The minimum Gasteiger partial charge on any atom is -0.334 e. The van der Waals surface area contributed by atoms with Gasteiger partial charge in [-0.15, -0.1) is 11.3 Å². The van der Waals surface area contributed by atoms with E-state index in [2.05, 4.69) is 20.4 Å². The lowest BCUT2D eigenvalue weighted by Gasteiger charge is -2.11. The number of carbonyl (C=O) groups excluding carboxylic acids is 1. The minimum absolute atomic E-state index is 0.134. The van der Waals surface area contributed by atoms with Crippen LogP contribution in [0, 0.1) is 19.7 Å². The predicted molar refractivity (Wildman–Crippen MR) is 123 cm³/mol. The Hall–Kier alpha value is -3.39. The first kappa shape index (κ1) is 21.8. The van der Waals surface area contributed by atoms with E-state index in [9.17, 15) is 9.18 Å². The fraction of sp³-hybridized carbons (Fsp3) is 0.250. The molecule has 0 aliphatic heterocycles. The Morgan fingerprint density at radius 3 is 2.56 bits per heavy atom. The number of amides is 1.